The van der Waals surface area contributed by atoms with Crippen LogP contribution in [0.5, 0.6) is 5.75 Å². The number of methoxy groups -OCH3 is 1. The van der Waals surface area contributed by atoms with Crippen molar-refractivity contribution in [3.05, 3.63) is 65.9 Å². The van der Waals surface area contributed by atoms with Crippen LogP contribution in [0, 0.1) is 5.92 Å². The maximum absolute atomic E-state index is 12.8. The van der Waals surface area contributed by atoms with Gasteiger partial charge in [0.2, 0.25) is 0 Å². The minimum Gasteiger partial charge on any atom is -0.497 e. The Morgan fingerprint density at radius 2 is 1.89 bits per heavy atom. The Kier molecular flexibility index (Phi) is 7.01. The highest BCUT2D eigenvalue weighted by Gasteiger charge is 2.32. The summed E-state index contributed by atoms with van der Waals surface area (Å²) in [6.07, 6.45) is 8.19. The first-order chi connectivity index (χ1) is 18.2. The predicted molar refractivity (Wildman–Crippen MR) is 148 cm³/mol. The van der Waals surface area contributed by atoms with Gasteiger partial charge < -0.3 is 15.0 Å². The summed E-state index contributed by atoms with van der Waals surface area (Å²) < 4.78 is 5.43. The number of anilines is 1. The lowest BCUT2D eigenvalue weighted by molar-refractivity contribution is 0.0914. The first-order valence-electron chi connectivity index (χ1n) is 14.0. The highest BCUT2D eigenvalue weighted by Crippen LogP contribution is 2.35. The number of nitrogens with zero attached hydrogens (tertiary/aromatic N) is 3. The third-order valence-electron chi connectivity index (χ3n) is 8.78. The maximum atomic E-state index is 12.8. The lowest BCUT2D eigenvalue weighted by atomic mass is 9.84. The van der Waals surface area contributed by atoms with Gasteiger partial charge in [0.1, 0.15) is 11.4 Å². The Morgan fingerprint density at radius 1 is 1.03 bits per heavy atom. The van der Waals surface area contributed by atoms with Gasteiger partial charge in [-0.1, -0.05) is 24.3 Å². The molecule has 6 nitrogen and oxygen atoms in total. The summed E-state index contributed by atoms with van der Waals surface area (Å²) in [5.74, 6) is 1.69. The number of carbonyl (C=O) groups excluding carboxylic acids is 1. The largest absolute Gasteiger partial charge is 0.497 e. The van der Waals surface area contributed by atoms with Gasteiger partial charge >= 0.3 is 0 Å². The number of carbonyl (C=O) groups is 1. The molecule has 2 aromatic carbocycles. The minimum absolute atomic E-state index is 0.0421. The van der Waals surface area contributed by atoms with E-state index < -0.39 is 0 Å². The van der Waals surface area contributed by atoms with Crippen LogP contribution >= 0.6 is 0 Å². The number of hydrogen-bond donors (Lipinski definition) is 1. The highest BCUT2D eigenvalue weighted by molar-refractivity contribution is 5.95. The van der Waals surface area contributed by atoms with Crippen molar-refractivity contribution in [3.8, 4) is 5.75 Å². The molecule has 1 N–H and O–H groups in total. The van der Waals surface area contributed by atoms with Gasteiger partial charge in [-0.05, 0) is 93.3 Å². The molecule has 3 aromatic rings. The molecule has 37 heavy (non-hydrogen) atoms. The number of aromatic nitrogens is 1. The first-order valence-corrected chi connectivity index (χ1v) is 14.0. The molecule has 1 atom stereocenters. The SMILES string of the molecule is COc1ccc2c(c1)CCC1CN(CCC3CCC(NC(=O)c4ccc5ccccc5n4)CC3)CCN21. The first kappa shape index (κ1) is 24.2. The van der Waals surface area contributed by atoms with Crippen LogP contribution in [-0.4, -0.2) is 61.2 Å². The number of hydrogen-bond acceptors (Lipinski definition) is 5. The number of nitrogens with one attached hydrogen (secondary N) is 1. The summed E-state index contributed by atoms with van der Waals surface area (Å²) in [4.78, 5) is 22.7. The van der Waals surface area contributed by atoms with Crippen molar-refractivity contribution in [2.45, 2.75) is 57.0 Å². The van der Waals surface area contributed by atoms with Crippen molar-refractivity contribution in [1.29, 1.82) is 0 Å². The van der Waals surface area contributed by atoms with Gasteiger partial charge in [-0.15, -0.1) is 0 Å². The van der Waals surface area contributed by atoms with Gasteiger partial charge in [-0.2, -0.15) is 0 Å². The Hall–Kier alpha value is -3.12. The summed E-state index contributed by atoms with van der Waals surface area (Å²) in [6, 6.07) is 19.2. The van der Waals surface area contributed by atoms with Crippen molar-refractivity contribution in [2.75, 3.05) is 38.2 Å². The summed E-state index contributed by atoms with van der Waals surface area (Å²) in [5, 5.41) is 4.31. The quantitative estimate of drug-likeness (QED) is 0.515. The normalized spacial score (nSPS) is 23.8. The predicted octanol–water partition coefficient (Wildman–Crippen LogP) is 5.06. The van der Waals surface area contributed by atoms with Gasteiger partial charge in [0, 0.05) is 42.8 Å². The van der Waals surface area contributed by atoms with Gasteiger partial charge in [-0.3, -0.25) is 9.69 Å². The topological polar surface area (TPSA) is 57.7 Å². The summed E-state index contributed by atoms with van der Waals surface area (Å²) in [5.41, 5.74) is 4.24. The molecule has 1 amide bonds. The zero-order valence-corrected chi connectivity index (χ0v) is 21.9. The van der Waals surface area contributed by atoms with E-state index in [9.17, 15) is 4.79 Å². The van der Waals surface area contributed by atoms with Crippen molar-refractivity contribution in [1.82, 2.24) is 15.2 Å². The molecule has 1 unspecified atom stereocenters. The smallest absolute Gasteiger partial charge is 0.270 e. The standard InChI is InChI=1S/C31H38N4O2/c1-37-27-13-15-30-24(20-27)8-12-26-21-34(18-19-35(26)30)17-16-22-6-10-25(11-7-22)32-31(36)29-14-9-23-4-2-3-5-28(23)33-29/h2-5,9,13-15,20,22,25-26H,6-8,10-12,16-19,21H2,1H3,(H,32,36). The number of aryl methyl sites for hydroxylation is 1. The van der Waals surface area contributed by atoms with Crippen molar-refractivity contribution in [3.63, 3.8) is 0 Å². The Morgan fingerprint density at radius 3 is 2.76 bits per heavy atom. The van der Waals surface area contributed by atoms with E-state index in [1.807, 2.05) is 36.4 Å². The van der Waals surface area contributed by atoms with Gasteiger partial charge in [0.25, 0.3) is 5.91 Å². The number of amides is 1. The van der Waals surface area contributed by atoms with Gasteiger partial charge in [-0.25, -0.2) is 4.98 Å². The Balaban J connectivity index is 0.950. The Bertz CT molecular complexity index is 1250. The molecule has 6 heteroatoms. The second-order valence-electron chi connectivity index (χ2n) is 11.1. The average molecular weight is 499 g/mol. The summed E-state index contributed by atoms with van der Waals surface area (Å²) in [7, 11) is 1.75. The van der Waals surface area contributed by atoms with Crippen molar-refractivity contribution < 1.29 is 9.53 Å². The fourth-order valence-electron chi connectivity index (χ4n) is 6.59. The molecule has 1 aromatic heterocycles. The molecule has 194 valence electrons. The molecular formula is C31H38N4O2. The second-order valence-corrected chi connectivity index (χ2v) is 11.1. The van der Waals surface area contributed by atoms with E-state index in [1.165, 1.54) is 50.0 Å². The number of rotatable bonds is 6. The molecule has 6 rings (SSSR count). The van der Waals surface area contributed by atoms with Crippen molar-refractivity contribution in [2.24, 2.45) is 5.92 Å². The van der Waals surface area contributed by atoms with E-state index in [4.69, 9.17) is 4.74 Å². The lowest BCUT2D eigenvalue weighted by Gasteiger charge is -2.46. The molecular weight excluding hydrogens is 460 g/mol. The fourth-order valence-corrected chi connectivity index (χ4v) is 6.59. The summed E-state index contributed by atoms with van der Waals surface area (Å²) in [6.45, 7) is 4.63. The Labute approximate surface area is 220 Å². The van der Waals surface area contributed by atoms with E-state index in [1.54, 1.807) is 7.11 Å². The van der Waals surface area contributed by atoms with Crippen molar-refractivity contribution >= 4 is 22.5 Å². The molecule has 0 bridgehead atoms. The summed E-state index contributed by atoms with van der Waals surface area (Å²) >= 11 is 0. The second kappa shape index (κ2) is 10.7. The maximum Gasteiger partial charge on any atom is 0.270 e. The number of piperazine rings is 1. The number of pyridine rings is 1. The average Bonchev–Trinajstić information content (AvgIpc) is 2.96. The number of benzene rings is 2. The zero-order valence-electron chi connectivity index (χ0n) is 21.9. The van der Waals surface area contributed by atoms with Crippen LogP contribution in [0.15, 0.2) is 54.6 Å². The van der Waals surface area contributed by atoms with Crippen LogP contribution < -0.4 is 15.0 Å². The van der Waals surface area contributed by atoms with E-state index in [2.05, 4.69) is 38.3 Å². The third-order valence-corrected chi connectivity index (χ3v) is 8.78. The third kappa shape index (κ3) is 5.30. The van der Waals surface area contributed by atoms with E-state index in [0.717, 1.165) is 54.9 Å². The molecule has 0 spiro atoms. The fraction of sp³-hybridized carbons (Fsp3) is 0.484. The van der Waals surface area contributed by atoms with Crippen LogP contribution in [0.25, 0.3) is 10.9 Å². The highest BCUT2D eigenvalue weighted by atomic mass is 16.5. The number of fused-ring (bicyclic) bond motifs is 4. The molecule has 1 saturated heterocycles. The van der Waals surface area contributed by atoms with Crippen LogP contribution in [0.3, 0.4) is 0 Å². The monoisotopic (exact) mass is 498 g/mol. The molecule has 1 saturated carbocycles. The molecule has 1 aliphatic carbocycles. The van der Waals surface area contributed by atoms with Crippen LogP contribution in [0.4, 0.5) is 5.69 Å². The van der Waals surface area contributed by atoms with Crippen LogP contribution in [-0.2, 0) is 6.42 Å². The van der Waals surface area contributed by atoms with Gasteiger partial charge in [0.15, 0.2) is 0 Å². The van der Waals surface area contributed by atoms with Gasteiger partial charge in [0.05, 0.1) is 12.6 Å². The lowest BCUT2D eigenvalue weighted by Crippen LogP contribution is -2.55. The minimum atomic E-state index is -0.0421. The molecule has 2 fully saturated rings. The van der Waals surface area contributed by atoms with Crippen LogP contribution in [0.1, 0.15) is 54.6 Å². The number of ether oxygens (including phenoxy) is 1. The molecule has 3 aliphatic rings. The van der Waals surface area contributed by atoms with E-state index >= 15 is 0 Å². The molecule has 0 radical (unpaired) electrons. The van der Waals surface area contributed by atoms with Crippen LogP contribution in [0.2, 0.25) is 0 Å². The molecule has 3 heterocycles. The number of para-hydroxylation sites is 1. The van der Waals surface area contributed by atoms with E-state index in [0.29, 0.717) is 11.7 Å². The zero-order chi connectivity index (χ0) is 25.2. The molecule has 2 aliphatic heterocycles. The van der Waals surface area contributed by atoms with E-state index in [-0.39, 0.29) is 11.9 Å².